The normalized spacial score (nSPS) is 10.4. The highest BCUT2D eigenvalue weighted by Crippen LogP contribution is 2.24. The van der Waals surface area contributed by atoms with Crippen molar-refractivity contribution < 1.29 is 9.18 Å². The van der Waals surface area contributed by atoms with E-state index in [0.29, 0.717) is 21.4 Å². The minimum absolute atomic E-state index is 0.272. The van der Waals surface area contributed by atoms with Crippen LogP contribution in [-0.4, -0.2) is 10.9 Å². The van der Waals surface area contributed by atoms with Gasteiger partial charge in [0.2, 0.25) is 0 Å². The summed E-state index contributed by atoms with van der Waals surface area (Å²) in [5, 5.41) is 2.67. The molecule has 0 unspecified atom stereocenters. The van der Waals surface area contributed by atoms with Gasteiger partial charge in [-0.2, -0.15) is 0 Å². The van der Waals surface area contributed by atoms with Crippen molar-refractivity contribution in [1.29, 1.82) is 0 Å². The fourth-order valence-corrected chi connectivity index (χ4v) is 2.26. The summed E-state index contributed by atoms with van der Waals surface area (Å²) in [7, 11) is 0. The number of carbonyl (C=O) groups excluding carboxylic acids is 1. The Kier molecular flexibility index (Phi) is 4.04. The largest absolute Gasteiger partial charge is 0.384 e. The summed E-state index contributed by atoms with van der Waals surface area (Å²) in [6.07, 6.45) is 0. The predicted molar refractivity (Wildman–Crippen MR) is 80.2 cm³/mol. The molecule has 0 saturated heterocycles. The van der Waals surface area contributed by atoms with E-state index in [9.17, 15) is 9.18 Å². The SMILES string of the molecule is Cc1cc(C(=O)Nc2cc(F)c(Br)cc2C)cc(N)n1. The second-order valence-electron chi connectivity index (χ2n) is 4.46. The van der Waals surface area contributed by atoms with Crippen LogP contribution in [0.2, 0.25) is 0 Å². The van der Waals surface area contributed by atoms with Gasteiger partial charge >= 0.3 is 0 Å². The van der Waals surface area contributed by atoms with E-state index in [1.165, 1.54) is 12.1 Å². The Morgan fingerprint density at radius 3 is 2.65 bits per heavy atom. The highest BCUT2D eigenvalue weighted by Gasteiger charge is 2.11. The standard InChI is InChI=1S/C14H13BrFN3O/c1-7-3-10(15)11(16)6-12(7)19-14(20)9-4-8(2)18-13(17)5-9/h3-6H,1-2H3,(H2,17,18)(H,19,20). The van der Waals surface area contributed by atoms with Crippen LogP contribution in [0.5, 0.6) is 0 Å². The highest BCUT2D eigenvalue weighted by molar-refractivity contribution is 9.10. The van der Waals surface area contributed by atoms with E-state index in [-0.39, 0.29) is 11.7 Å². The molecule has 0 bridgehead atoms. The monoisotopic (exact) mass is 337 g/mol. The Morgan fingerprint density at radius 1 is 1.30 bits per heavy atom. The average molecular weight is 338 g/mol. The van der Waals surface area contributed by atoms with Gasteiger partial charge in [0, 0.05) is 16.9 Å². The van der Waals surface area contributed by atoms with Crippen molar-refractivity contribution in [3.05, 3.63) is 51.4 Å². The number of anilines is 2. The van der Waals surface area contributed by atoms with Crippen LogP contribution in [0.15, 0.2) is 28.7 Å². The number of aromatic nitrogens is 1. The molecule has 0 aliphatic rings. The molecular weight excluding hydrogens is 325 g/mol. The van der Waals surface area contributed by atoms with Crippen molar-refractivity contribution in [3.8, 4) is 0 Å². The van der Waals surface area contributed by atoms with Crippen molar-refractivity contribution in [2.45, 2.75) is 13.8 Å². The third-order valence-electron chi connectivity index (χ3n) is 2.75. The Balaban J connectivity index is 2.30. The number of nitrogens with one attached hydrogen (secondary N) is 1. The molecule has 6 heteroatoms. The molecule has 4 nitrogen and oxygen atoms in total. The fourth-order valence-electron chi connectivity index (χ4n) is 1.80. The predicted octanol–water partition coefficient (Wildman–Crippen LogP) is 3.43. The van der Waals surface area contributed by atoms with E-state index in [4.69, 9.17) is 5.73 Å². The maximum atomic E-state index is 13.5. The van der Waals surface area contributed by atoms with Crippen LogP contribution in [-0.2, 0) is 0 Å². The molecular formula is C14H13BrFN3O. The van der Waals surface area contributed by atoms with Crippen molar-refractivity contribution >= 4 is 33.3 Å². The van der Waals surface area contributed by atoms with Crippen LogP contribution in [0.3, 0.4) is 0 Å². The molecule has 1 aromatic carbocycles. The van der Waals surface area contributed by atoms with Gasteiger partial charge in [0.1, 0.15) is 11.6 Å². The Morgan fingerprint density at radius 2 is 2.00 bits per heavy atom. The van der Waals surface area contributed by atoms with E-state index >= 15 is 0 Å². The molecule has 0 aliphatic carbocycles. The van der Waals surface area contributed by atoms with Gasteiger partial charge in [0.05, 0.1) is 4.47 Å². The summed E-state index contributed by atoms with van der Waals surface area (Å²) in [6.45, 7) is 3.53. The molecule has 20 heavy (non-hydrogen) atoms. The first kappa shape index (κ1) is 14.5. The summed E-state index contributed by atoms with van der Waals surface area (Å²) in [5.41, 5.74) is 7.82. The molecule has 2 rings (SSSR count). The third-order valence-corrected chi connectivity index (χ3v) is 3.36. The number of amides is 1. The lowest BCUT2D eigenvalue weighted by Gasteiger charge is -2.10. The number of halogens is 2. The van der Waals surface area contributed by atoms with Crippen LogP contribution in [0.1, 0.15) is 21.6 Å². The minimum atomic E-state index is -0.434. The van der Waals surface area contributed by atoms with E-state index < -0.39 is 5.82 Å². The van der Waals surface area contributed by atoms with Crippen LogP contribution < -0.4 is 11.1 Å². The van der Waals surface area contributed by atoms with Crippen molar-refractivity contribution in [3.63, 3.8) is 0 Å². The second-order valence-corrected chi connectivity index (χ2v) is 5.31. The number of rotatable bonds is 2. The molecule has 0 spiro atoms. The van der Waals surface area contributed by atoms with Crippen LogP contribution >= 0.6 is 15.9 Å². The Hall–Kier alpha value is -1.95. The van der Waals surface area contributed by atoms with Crippen LogP contribution in [0, 0.1) is 19.7 Å². The molecule has 1 amide bonds. The number of nitrogens with two attached hydrogens (primary N) is 1. The molecule has 1 heterocycles. The molecule has 0 saturated carbocycles. The van der Waals surface area contributed by atoms with E-state index in [1.54, 1.807) is 26.0 Å². The fraction of sp³-hybridized carbons (Fsp3) is 0.143. The topological polar surface area (TPSA) is 68.0 Å². The van der Waals surface area contributed by atoms with E-state index in [1.807, 2.05) is 0 Å². The zero-order valence-corrected chi connectivity index (χ0v) is 12.6. The quantitative estimate of drug-likeness (QED) is 0.881. The number of nitrogen functional groups attached to an aromatic ring is 1. The summed E-state index contributed by atoms with van der Waals surface area (Å²) < 4.78 is 13.9. The summed E-state index contributed by atoms with van der Waals surface area (Å²) >= 11 is 3.10. The highest BCUT2D eigenvalue weighted by atomic mass is 79.9. The number of aryl methyl sites for hydroxylation is 2. The third kappa shape index (κ3) is 3.14. The van der Waals surface area contributed by atoms with Gasteiger partial charge in [0.25, 0.3) is 5.91 Å². The first-order chi connectivity index (χ1) is 9.36. The van der Waals surface area contributed by atoms with Crippen LogP contribution in [0.4, 0.5) is 15.9 Å². The maximum Gasteiger partial charge on any atom is 0.255 e. The molecule has 3 N–H and O–H groups in total. The van der Waals surface area contributed by atoms with Crippen molar-refractivity contribution in [2.24, 2.45) is 0 Å². The molecule has 104 valence electrons. The second kappa shape index (κ2) is 5.58. The van der Waals surface area contributed by atoms with Gasteiger partial charge in [-0.05, 0) is 59.6 Å². The van der Waals surface area contributed by atoms with Crippen molar-refractivity contribution in [1.82, 2.24) is 4.98 Å². The lowest BCUT2D eigenvalue weighted by molar-refractivity contribution is 0.102. The smallest absolute Gasteiger partial charge is 0.255 e. The van der Waals surface area contributed by atoms with Gasteiger partial charge in [-0.25, -0.2) is 9.37 Å². The molecule has 2 aromatic rings. The van der Waals surface area contributed by atoms with Gasteiger partial charge in [0.15, 0.2) is 0 Å². The van der Waals surface area contributed by atoms with E-state index in [2.05, 4.69) is 26.2 Å². The number of pyridine rings is 1. The first-order valence-corrected chi connectivity index (χ1v) is 6.67. The van der Waals surface area contributed by atoms with Gasteiger partial charge < -0.3 is 11.1 Å². The lowest BCUT2D eigenvalue weighted by atomic mass is 10.1. The molecule has 0 radical (unpaired) electrons. The maximum absolute atomic E-state index is 13.5. The van der Waals surface area contributed by atoms with Crippen LogP contribution in [0.25, 0.3) is 0 Å². The molecule has 1 aromatic heterocycles. The summed E-state index contributed by atoms with van der Waals surface area (Å²) in [6, 6.07) is 5.98. The van der Waals surface area contributed by atoms with Crippen molar-refractivity contribution in [2.75, 3.05) is 11.1 Å². The molecule has 0 fully saturated rings. The Labute approximate surface area is 124 Å². The first-order valence-electron chi connectivity index (χ1n) is 5.88. The zero-order valence-electron chi connectivity index (χ0n) is 11.0. The van der Waals surface area contributed by atoms with Gasteiger partial charge in [-0.1, -0.05) is 0 Å². The van der Waals surface area contributed by atoms with Gasteiger partial charge in [-0.15, -0.1) is 0 Å². The van der Waals surface area contributed by atoms with Gasteiger partial charge in [-0.3, -0.25) is 4.79 Å². The number of benzene rings is 1. The number of hydrogen-bond acceptors (Lipinski definition) is 3. The summed E-state index contributed by atoms with van der Waals surface area (Å²) in [5.74, 6) is -0.516. The number of hydrogen-bond donors (Lipinski definition) is 2. The zero-order chi connectivity index (χ0) is 14.9. The Bertz CT molecular complexity index is 668. The summed E-state index contributed by atoms with van der Waals surface area (Å²) in [4.78, 5) is 16.1. The molecule has 0 aliphatic heterocycles. The van der Waals surface area contributed by atoms with E-state index in [0.717, 1.165) is 5.56 Å². The molecule has 0 atom stereocenters. The lowest BCUT2D eigenvalue weighted by Crippen LogP contribution is -2.14. The number of carbonyl (C=O) groups is 1. The average Bonchev–Trinajstić information content (AvgIpc) is 2.34. The minimum Gasteiger partial charge on any atom is -0.384 e. The number of nitrogens with zero attached hydrogens (tertiary/aromatic N) is 1.